The molecule has 1 nitrogen and oxygen atoms in total. The molecular weight excluding hydrogens is 277 g/mol. The summed E-state index contributed by atoms with van der Waals surface area (Å²) in [4.78, 5) is 0. The largest absolute Gasteiger partial charge is 0.486 e. The summed E-state index contributed by atoms with van der Waals surface area (Å²) in [5, 5.41) is 0. The van der Waals surface area contributed by atoms with E-state index < -0.39 is 17.5 Å². The van der Waals surface area contributed by atoms with Gasteiger partial charge in [-0.15, -0.1) is 0 Å². The van der Waals surface area contributed by atoms with Crippen molar-refractivity contribution < 1.29 is 17.9 Å². The van der Waals surface area contributed by atoms with Gasteiger partial charge in [-0.05, 0) is 37.1 Å². The summed E-state index contributed by atoms with van der Waals surface area (Å²) in [5.41, 5.74) is 0.502. The van der Waals surface area contributed by atoms with Crippen molar-refractivity contribution >= 4 is 0 Å². The summed E-state index contributed by atoms with van der Waals surface area (Å²) < 4.78 is 46.6. The third-order valence-electron chi connectivity index (χ3n) is 3.09. The first-order chi connectivity index (χ1) is 10.0. The smallest absolute Gasteiger partial charge is 0.166 e. The fraction of sp³-hybridized carbons (Fsp3) is 0.176. The molecule has 0 fully saturated rings. The van der Waals surface area contributed by atoms with Gasteiger partial charge in [-0.3, -0.25) is 0 Å². The maximum absolute atomic E-state index is 13.9. The van der Waals surface area contributed by atoms with Gasteiger partial charge in [0, 0.05) is 5.56 Å². The number of benzene rings is 2. The number of halogens is 3. The molecule has 0 spiro atoms. The predicted molar refractivity (Wildman–Crippen MR) is 76.8 cm³/mol. The van der Waals surface area contributed by atoms with Gasteiger partial charge in [-0.25, -0.2) is 13.2 Å². The Morgan fingerprint density at radius 1 is 1.05 bits per heavy atom. The molecule has 0 saturated heterocycles. The van der Waals surface area contributed by atoms with E-state index in [-0.39, 0.29) is 29.0 Å². The van der Waals surface area contributed by atoms with Crippen molar-refractivity contribution in [2.24, 2.45) is 0 Å². The second-order valence-corrected chi connectivity index (χ2v) is 4.58. The summed E-state index contributed by atoms with van der Waals surface area (Å²) in [6, 6.07) is 6.94. The molecule has 0 aliphatic heterocycles. The van der Waals surface area contributed by atoms with Gasteiger partial charge in [0.05, 0.1) is 0 Å². The topological polar surface area (TPSA) is 9.23 Å². The van der Waals surface area contributed by atoms with Gasteiger partial charge < -0.3 is 4.74 Å². The molecule has 4 heteroatoms. The van der Waals surface area contributed by atoms with E-state index in [9.17, 15) is 13.2 Å². The van der Waals surface area contributed by atoms with E-state index >= 15 is 0 Å². The minimum Gasteiger partial charge on any atom is -0.486 e. The maximum Gasteiger partial charge on any atom is 0.166 e. The molecule has 0 heterocycles. The number of aryl methyl sites for hydroxylation is 1. The van der Waals surface area contributed by atoms with E-state index in [0.717, 1.165) is 6.07 Å². The molecule has 0 amide bonds. The average Bonchev–Trinajstić information content (AvgIpc) is 2.47. The monoisotopic (exact) mass is 292 g/mol. The summed E-state index contributed by atoms with van der Waals surface area (Å²) in [5.74, 6) is -2.43. The SMILES string of the molecule is CC=CCOc1ccc(-c2ccc(C)c(F)c2F)cc1F. The highest BCUT2D eigenvalue weighted by Crippen LogP contribution is 2.29. The lowest BCUT2D eigenvalue weighted by atomic mass is 10.0. The molecule has 0 aromatic heterocycles. The van der Waals surface area contributed by atoms with Crippen molar-refractivity contribution in [3.05, 3.63) is 65.5 Å². The Hall–Kier alpha value is -2.23. The average molecular weight is 292 g/mol. The minimum atomic E-state index is -0.975. The van der Waals surface area contributed by atoms with Crippen LogP contribution < -0.4 is 4.74 Å². The Kier molecular flexibility index (Phi) is 4.68. The van der Waals surface area contributed by atoms with E-state index in [1.54, 1.807) is 12.2 Å². The standard InChI is InChI=1S/C17H15F3O/c1-3-4-9-21-15-8-6-12(10-14(15)18)13-7-5-11(2)16(19)17(13)20/h3-8,10H,9H2,1-2H3. The second-order valence-electron chi connectivity index (χ2n) is 4.58. The molecule has 0 radical (unpaired) electrons. The summed E-state index contributed by atoms with van der Waals surface area (Å²) in [6.45, 7) is 3.55. The van der Waals surface area contributed by atoms with Crippen LogP contribution in [0.15, 0.2) is 42.5 Å². The highest BCUT2D eigenvalue weighted by molar-refractivity contribution is 5.65. The van der Waals surface area contributed by atoms with Gasteiger partial charge in [0.1, 0.15) is 6.61 Å². The zero-order chi connectivity index (χ0) is 15.4. The highest BCUT2D eigenvalue weighted by Gasteiger charge is 2.14. The molecule has 2 aromatic rings. The summed E-state index contributed by atoms with van der Waals surface area (Å²) in [7, 11) is 0. The first kappa shape index (κ1) is 15.2. The zero-order valence-corrected chi connectivity index (χ0v) is 11.8. The first-order valence-corrected chi connectivity index (χ1v) is 6.53. The number of rotatable bonds is 4. The Bertz CT molecular complexity index is 678. The van der Waals surface area contributed by atoms with Crippen LogP contribution in [0.4, 0.5) is 13.2 Å². The molecular formula is C17H15F3O. The lowest BCUT2D eigenvalue weighted by molar-refractivity contribution is 0.341. The van der Waals surface area contributed by atoms with Crippen LogP contribution in [0.5, 0.6) is 5.75 Å². The van der Waals surface area contributed by atoms with E-state index in [1.165, 1.54) is 31.2 Å². The van der Waals surface area contributed by atoms with Crippen molar-refractivity contribution in [1.82, 2.24) is 0 Å². The molecule has 2 aromatic carbocycles. The molecule has 0 atom stereocenters. The Morgan fingerprint density at radius 3 is 2.48 bits per heavy atom. The van der Waals surface area contributed by atoms with Crippen LogP contribution in [-0.2, 0) is 0 Å². The van der Waals surface area contributed by atoms with Crippen LogP contribution >= 0.6 is 0 Å². The lowest BCUT2D eigenvalue weighted by Gasteiger charge is -2.09. The highest BCUT2D eigenvalue weighted by atomic mass is 19.2. The second kappa shape index (κ2) is 6.48. The number of allylic oxidation sites excluding steroid dienone is 1. The minimum absolute atomic E-state index is 0.0250. The fourth-order valence-electron chi connectivity index (χ4n) is 1.89. The van der Waals surface area contributed by atoms with E-state index in [1.807, 2.05) is 6.92 Å². The molecule has 0 aliphatic carbocycles. The molecule has 0 saturated carbocycles. The molecule has 0 bridgehead atoms. The molecule has 0 unspecified atom stereocenters. The molecule has 21 heavy (non-hydrogen) atoms. The maximum atomic E-state index is 13.9. The van der Waals surface area contributed by atoms with Gasteiger partial charge in [0.25, 0.3) is 0 Å². The third kappa shape index (κ3) is 3.27. The zero-order valence-electron chi connectivity index (χ0n) is 11.8. The van der Waals surface area contributed by atoms with Crippen LogP contribution in [0, 0.1) is 24.4 Å². The van der Waals surface area contributed by atoms with Crippen LogP contribution in [0.25, 0.3) is 11.1 Å². The Balaban J connectivity index is 2.34. The van der Waals surface area contributed by atoms with Crippen LogP contribution in [-0.4, -0.2) is 6.61 Å². The number of hydrogen-bond donors (Lipinski definition) is 0. The van der Waals surface area contributed by atoms with Gasteiger partial charge in [-0.2, -0.15) is 0 Å². The molecule has 0 aliphatic rings. The van der Waals surface area contributed by atoms with Crippen LogP contribution in [0.1, 0.15) is 12.5 Å². The van der Waals surface area contributed by atoms with E-state index in [2.05, 4.69) is 0 Å². The number of hydrogen-bond acceptors (Lipinski definition) is 1. The molecule has 0 N–H and O–H groups in total. The van der Waals surface area contributed by atoms with Crippen molar-refractivity contribution in [3.63, 3.8) is 0 Å². The molecule has 110 valence electrons. The lowest BCUT2D eigenvalue weighted by Crippen LogP contribution is -1.97. The van der Waals surface area contributed by atoms with Crippen molar-refractivity contribution in [1.29, 1.82) is 0 Å². The number of ether oxygens (including phenoxy) is 1. The fourth-order valence-corrected chi connectivity index (χ4v) is 1.89. The van der Waals surface area contributed by atoms with E-state index in [4.69, 9.17) is 4.74 Å². The Morgan fingerprint density at radius 2 is 1.81 bits per heavy atom. The molecule has 2 rings (SSSR count). The van der Waals surface area contributed by atoms with E-state index in [0.29, 0.717) is 0 Å². The normalized spacial score (nSPS) is 11.1. The van der Waals surface area contributed by atoms with Gasteiger partial charge in [-0.1, -0.05) is 30.4 Å². The van der Waals surface area contributed by atoms with Crippen LogP contribution in [0.2, 0.25) is 0 Å². The Labute approximate surface area is 121 Å². The van der Waals surface area contributed by atoms with Crippen molar-refractivity contribution in [3.8, 4) is 16.9 Å². The summed E-state index contributed by atoms with van der Waals surface area (Å²) in [6.07, 6.45) is 3.53. The van der Waals surface area contributed by atoms with Gasteiger partial charge >= 0.3 is 0 Å². The summed E-state index contributed by atoms with van der Waals surface area (Å²) >= 11 is 0. The van der Waals surface area contributed by atoms with Crippen molar-refractivity contribution in [2.45, 2.75) is 13.8 Å². The quantitative estimate of drug-likeness (QED) is 0.718. The first-order valence-electron chi connectivity index (χ1n) is 6.53. The van der Waals surface area contributed by atoms with Gasteiger partial charge in [0.2, 0.25) is 0 Å². The van der Waals surface area contributed by atoms with Gasteiger partial charge in [0.15, 0.2) is 23.2 Å². The van der Waals surface area contributed by atoms with Crippen LogP contribution in [0.3, 0.4) is 0 Å². The third-order valence-corrected chi connectivity index (χ3v) is 3.09. The predicted octanol–water partition coefficient (Wildman–Crippen LogP) is 5.03. The van der Waals surface area contributed by atoms with Crippen molar-refractivity contribution in [2.75, 3.05) is 6.61 Å².